The summed E-state index contributed by atoms with van der Waals surface area (Å²) in [5.41, 5.74) is 0.465. The molecule has 2 aromatic carbocycles. The van der Waals surface area contributed by atoms with Gasteiger partial charge in [0.1, 0.15) is 5.75 Å². The number of nitro benzene ring substituents is 1. The number of benzene rings is 2. The number of rotatable bonds is 5. The number of nitro groups is 1. The minimum Gasteiger partial charge on any atom is -0.484 e. The van der Waals surface area contributed by atoms with E-state index in [0.29, 0.717) is 16.3 Å². The molecule has 0 fully saturated rings. The number of nitrogens with zero attached hydrogens (tertiary/aromatic N) is 3. The van der Waals surface area contributed by atoms with Gasteiger partial charge in [-0.3, -0.25) is 10.1 Å². The van der Waals surface area contributed by atoms with E-state index < -0.39 is 4.92 Å². The lowest BCUT2D eigenvalue weighted by molar-refractivity contribution is -0.384. The van der Waals surface area contributed by atoms with Crippen molar-refractivity contribution >= 4 is 17.3 Å². The minimum atomic E-state index is -0.478. The molecular weight excluding hydrogens is 322 g/mol. The molecule has 0 aliphatic heterocycles. The van der Waals surface area contributed by atoms with Crippen LogP contribution in [0, 0.1) is 10.1 Å². The maximum absolute atomic E-state index is 10.8. The lowest BCUT2D eigenvalue weighted by Crippen LogP contribution is -1.95. The predicted octanol–water partition coefficient (Wildman–Crippen LogP) is 3.88. The Hall–Kier alpha value is -2.93. The predicted molar refractivity (Wildman–Crippen MR) is 82.2 cm³/mol. The average Bonchev–Trinajstić information content (AvgIpc) is 3.03. The van der Waals surface area contributed by atoms with Crippen LogP contribution in [0.4, 0.5) is 5.69 Å². The fourth-order valence-electron chi connectivity index (χ4n) is 1.87. The second-order valence-electron chi connectivity index (χ2n) is 4.56. The summed E-state index contributed by atoms with van der Waals surface area (Å²) < 4.78 is 10.6. The van der Waals surface area contributed by atoms with Crippen molar-refractivity contribution in [3.8, 4) is 17.1 Å². The van der Waals surface area contributed by atoms with Crippen LogP contribution in [0.25, 0.3) is 11.4 Å². The van der Waals surface area contributed by atoms with E-state index >= 15 is 0 Å². The summed E-state index contributed by atoms with van der Waals surface area (Å²) >= 11 is 5.79. The molecule has 1 aromatic heterocycles. The monoisotopic (exact) mass is 331 g/mol. The third-order valence-corrected chi connectivity index (χ3v) is 3.21. The van der Waals surface area contributed by atoms with Crippen LogP contribution >= 0.6 is 11.6 Å². The molecule has 0 saturated heterocycles. The number of non-ortho nitro benzene ring substituents is 1. The Morgan fingerprint density at radius 1 is 1.22 bits per heavy atom. The van der Waals surface area contributed by atoms with Crippen molar-refractivity contribution in [2.75, 3.05) is 0 Å². The Labute approximate surface area is 135 Å². The molecule has 0 spiro atoms. The Kier molecular flexibility index (Phi) is 4.20. The number of aromatic nitrogens is 2. The van der Waals surface area contributed by atoms with Gasteiger partial charge in [-0.1, -0.05) is 28.9 Å². The smallest absolute Gasteiger partial charge is 0.270 e. The van der Waals surface area contributed by atoms with Crippen molar-refractivity contribution in [2.24, 2.45) is 0 Å². The first kappa shape index (κ1) is 15.0. The van der Waals surface area contributed by atoms with Gasteiger partial charge in [0.25, 0.3) is 11.6 Å². The van der Waals surface area contributed by atoms with Gasteiger partial charge in [-0.05, 0) is 24.3 Å². The zero-order valence-electron chi connectivity index (χ0n) is 11.7. The second-order valence-corrected chi connectivity index (χ2v) is 5.00. The molecule has 8 heteroatoms. The number of ether oxygens (including phenoxy) is 1. The van der Waals surface area contributed by atoms with Crippen LogP contribution in [-0.2, 0) is 6.61 Å². The van der Waals surface area contributed by atoms with Gasteiger partial charge < -0.3 is 9.26 Å². The van der Waals surface area contributed by atoms with E-state index in [1.165, 1.54) is 12.1 Å². The van der Waals surface area contributed by atoms with E-state index in [4.69, 9.17) is 20.9 Å². The standard InChI is InChI=1S/C15H10ClN3O4/c16-11-4-6-13(7-5-11)22-9-14-17-15(18-23-14)10-2-1-3-12(8-10)19(20)21/h1-8H,9H2. The van der Waals surface area contributed by atoms with Crippen molar-refractivity contribution in [1.82, 2.24) is 10.1 Å². The van der Waals surface area contributed by atoms with E-state index in [1.54, 1.807) is 36.4 Å². The van der Waals surface area contributed by atoms with Crippen LogP contribution < -0.4 is 4.74 Å². The van der Waals surface area contributed by atoms with Crippen LogP contribution in [0.2, 0.25) is 5.02 Å². The lowest BCUT2D eigenvalue weighted by atomic mass is 10.2. The Morgan fingerprint density at radius 3 is 2.74 bits per heavy atom. The lowest BCUT2D eigenvalue weighted by Gasteiger charge is -2.02. The molecular formula is C15H10ClN3O4. The van der Waals surface area contributed by atoms with Crippen molar-refractivity contribution in [2.45, 2.75) is 6.61 Å². The molecule has 0 aliphatic rings. The highest BCUT2D eigenvalue weighted by Gasteiger charge is 2.13. The zero-order valence-corrected chi connectivity index (χ0v) is 12.4. The van der Waals surface area contributed by atoms with Gasteiger partial charge >= 0.3 is 0 Å². The zero-order chi connectivity index (χ0) is 16.2. The largest absolute Gasteiger partial charge is 0.484 e. The SMILES string of the molecule is O=[N+]([O-])c1cccc(-c2noc(COc3ccc(Cl)cc3)n2)c1. The molecule has 1 heterocycles. The van der Waals surface area contributed by atoms with E-state index in [0.717, 1.165) is 0 Å². The Bertz CT molecular complexity index is 833. The minimum absolute atomic E-state index is 0.0359. The molecule has 3 aromatic rings. The normalized spacial score (nSPS) is 10.5. The maximum atomic E-state index is 10.8. The number of hydrogen-bond acceptors (Lipinski definition) is 6. The summed E-state index contributed by atoms with van der Waals surface area (Å²) in [5, 5.41) is 15.2. The fourth-order valence-corrected chi connectivity index (χ4v) is 1.99. The molecule has 0 atom stereocenters. The van der Waals surface area contributed by atoms with Crippen LogP contribution in [0.15, 0.2) is 53.1 Å². The van der Waals surface area contributed by atoms with Gasteiger partial charge in [0.2, 0.25) is 5.82 Å². The van der Waals surface area contributed by atoms with Crippen molar-refractivity contribution in [3.63, 3.8) is 0 Å². The van der Waals surface area contributed by atoms with Crippen LogP contribution in [-0.4, -0.2) is 15.1 Å². The van der Waals surface area contributed by atoms with E-state index in [-0.39, 0.29) is 24.0 Å². The molecule has 0 amide bonds. The molecule has 3 rings (SSSR count). The highest BCUT2D eigenvalue weighted by molar-refractivity contribution is 6.30. The number of hydrogen-bond donors (Lipinski definition) is 0. The van der Waals surface area contributed by atoms with Crippen LogP contribution in [0.3, 0.4) is 0 Å². The summed E-state index contributed by atoms with van der Waals surface area (Å²) in [6.45, 7) is 0.0869. The topological polar surface area (TPSA) is 91.3 Å². The molecule has 116 valence electrons. The van der Waals surface area contributed by atoms with Crippen molar-refractivity contribution < 1.29 is 14.2 Å². The molecule has 7 nitrogen and oxygen atoms in total. The van der Waals surface area contributed by atoms with E-state index in [1.807, 2.05) is 0 Å². The third-order valence-electron chi connectivity index (χ3n) is 2.96. The highest BCUT2D eigenvalue weighted by Crippen LogP contribution is 2.22. The first-order valence-electron chi connectivity index (χ1n) is 6.57. The summed E-state index contributed by atoms with van der Waals surface area (Å²) in [4.78, 5) is 14.5. The van der Waals surface area contributed by atoms with Gasteiger partial charge in [0.05, 0.1) is 4.92 Å². The Morgan fingerprint density at radius 2 is 2.00 bits per heavy atom. The van der Waals surface area contributed by atoms with Gasteiger partial charge in [0, 0.05) is 22.7 Å². The summed E-state index contributed by atoms with van der Waals surface area (Å²) in [7, 11) is 0. The van der Waals surface area contributed by atoms with Crippen LogP contribution in [0.1, 0.15) is 5.89 Å². The highest BCUT2D eigenvalue weighted by atomic mass is 35.5. The molecule has 0 radical (unpaired) electrons. The van der Waals surface area contributed by atoms with E-state index in [9.17, 15) is 10.1 Å². The Balaban J connectivity index is 1.71. The maximum Gasteiger partial charge on any atom is 0.270 e. The van der Waals surface area contributed by atoms with Crippen molar-refractivity contribution in [1.29, 1.82) is 0 Å². The molecule has 0 bridgehead atoms. The number of halogens is 1. The fraction of sp³-hybridized carbons (Fsp3) is 0.0667. The summed E-state index contributed by atoms with van der Waals surface area (Å²) in [5.74, 6) is 1.15. The van der Waals surface area contributed by atoms with Gasteiger partial charge in [-0.2, -0.15) is 4.98 Å². The third kappa shape index (κ3) is 3.64. The molecule has 0 N–H and O–H groups in total. The van der Waals surface area contributed by atoms with Gasteiger partial charge in [-0.25, -0.2) is 0 Å². The molecule has 0 aliphatic carbocycles. The quantitative estimate of drug-likeness (QED) is 0.520. The van der Waals surface area contributed by atoms with Gasteiger partial charge in [0.15, 0.2) is 6.61 Å². The van der Waals surface area contributed by atoms with Gasteiger partial charge in [-0.15, -0.1) is 0 Å². The van der Waals surface area contributed by atoms with Crippen molar-refractivity contribution in [3.05, 3.63) is 69.6 Å². The summed E-state index contributed by atoms with van der Waals surface area (Å²) in [6.07, 6.45) is 0. The van der Waals surface area contributed by atoms with E-state index in [2.05, 4.69) is 10.1 Å². The molecule has 23 heavy (non-hydrogen) atoms. The average molecular weight is 332 g/mol. The molecule has 0 saturated carbocycles. The molecule has 0 unspecified atom stereocenters. The first-order valence-corrected chi connectivity index (χ1v) is 6.95. The second kappa shape index (κ2) is 6.45. The first-order chi connectivity index (χ1) is 11.1. The van der Waals surface area contributed by atoms with Crippen LogP contribution in [0.5, 0.6) is 5.75 Å². The summed E-state index contributed by atoms with van der Waals surface area (Å²) in [6, 6.07) is 12.9.